The number of hydrogen-bond acceptors (Lipinski definition) is 10. The molecule has 1 aliphatic heterocycles. The van der Waals surface area contributed by atoms with Gasteiger partial charge in [0.1, 0.15) is 17.7 Å². The highest BCUT2D eigenvalue weighted by atomic mass is 32.2. The van der Waals surface area contributed by atoms with E-state index in [2.05, 4.69) is 15.3 Å². The Hall–Kier alpha value is -3.31. The fourth-order valence-electron chi connectivity index (χ4n) is 5.32. The summed E-state index contributed by atoms with van der Waals surface area (Å²) in [6.07, 6.45) is 7.43. The van der Waals surface area contributed by atoms with Crippen LogP contribution in [-0.4, -0.2) is 48.8 Å². The SMILES string of the molecule is CC[C@@](C)(N)c1cnc(O[C@H](C)C[C@@H](C)S(C)(=N)=O)c2cnc(Nc3ccc4c(n3)C3(CC3)[C@H](C)OC4=O)cc12. The van der Waals surface area contributed by atoms with Gasteiger partial charge in [-0.3, -0.25) is 4.78 Å². The molecule has 1 unspecified atom stereocenters. The lowest BCUT2D eigenvalue weighted by molar-refractivity contribution is 0.0183. The molecule has 0 radical (unpaired) electrons. The first-order valence-electron chi connectivity index (χ1n) is 13.7. The molecule has 5 rings (SSSR count). The number of ether oxygens (including phenoxy) is 2. The number of nitrogens with zero attached hydrogens (tertiary/aromatic N) is 3. The van der Waals surface area contributed by atoms with E-state index in [-0.39, 0.29) is 28.8 Å². The minimum atomic E-state index is -2.68. The fourth-order valence-corrected chi connectivity index (χ4v) is 5.96. The van der Waals surface area contributed by atoms with Crippen molar-refractivity contribution in [2.45, 2.75) is 88.7 Å². The zero-order valence-corrected chi connectivity index (χ0v) is 24.7. The van der Waals surface area contributed by atoms with Gasteiger partial charge in [-0.05, 0) is 82.5 Å². The Bertz CT molecular complexity index is 1580. The highest BCUT2D eigenvalue weighted by molar-refractivity contribution is 7.92. The highest BCUT2D eigenvalue weighted by Crippen LogP contribution is 2.54. The minimum Gasteiger partial charge on any atom is -0.474 e. The number of pyridine rings is 3. The summed E-state index contributed by atoms with van der Waals surface area (Å²) in [7, 11) is -2.68. The third kappa shape index (κ3) is 5.12. The second-order valence-electron chi connectivity index (χ2n) is 11.7. The van der Waals surface area contributed by atoms with Crippen molar-refractivity contribution in [2.24, 2.45) is 5.73 Å². The summed E-state index contributed by atoms with van der Waals surface area (Å²) in [5.74, 6) is 1.25. The normalized spacial score (nSPS) is 22.0. The molecule has 214 valence electrons. The van der Waals surface area contributed by atoms with Crippen molar-refractivity contribution in [3.05, 3.63) is 47.4 Å². The summed E-state index contributed by atoms with van der Waals surface area (Å²) in [6.45, 7) is 9.61. The molecule has 10 nitrogen and oxygen atoms in total. The zero-order chi connectivity index (χ0) is 29.0. The van der Waals surface area contributed by atoms with Crippen molar-refractivity contribution in [3.63, 3.8) is 0 Å². The molecule has 3 aromatic rings. The van der Waals surface area contributed by atoms with E-state index in [1.165, 1.54) is 6.26 Å². The van der Waals surface area contributed by atoms with Gasteiger partial charge in [0.25, 0.3) is 0 Å². The van der Waals surface area contributed by atoms with E-state index in [0.717, 1.165) is 29.5 Å². The standard InChI is InChI=1S/C29H38N6O4S/c1-7-28(5,30)22-15-33-26(38-16(2)12-17(3)40(6,31)37)21-14-32-24(13-20(21)22)34-23-9-8-19-25(35-23)29(10-11-29)18(4)39-27(19)36/h8-9,13-18,31H,7,10-12,30H2,1-6H3,(H,32,34,35)/t16-,17-,18+,28-,40?/m1/s1. The fraction of sp³-hybridized carbons (Fsp3) is 0.517. The predicted octanol–water partition coefficient (Wildman–Crippen LogP) is 5.17. The Morgan fingerprint density at radius 3 is 2.62 bits per heavy atom. The Kier molecular flexibility index (Phi) is 7.02. The second-order valence-corrected chi connectivity index (χ2v) is 14.3. The molecule has 4 N–H and O–H groups in total. The summed E-state index contributed by atoms with van der Waals surface area (Å²) in [4.78, 5) is 26.5. The van der Waals surface area contributed by atoms with Crippen LogP contribution in [-0.2, 0) is 25.4 Å². The number of nitrogens with two attached hydrogens (primary N) is 1. The van der Waals surface area contributed by atoms with Gasteiger partial charge in [-0.2, -0.15) is 0 Å². The largest absolute Gasteiger partial charge is 0.474 e. The van der Waals surface area contributed by atoms with Crippen molar-refractivity contribution in [1.29, 1.82) is 4.78 Å². The molecule has 1 fully saturated rings. The molecular weight excluding hydrogens is 528 g/mol. The molecule has 1 aliphatic carbocycles. The van der Waals surface area contributed by atoms with Crippen LogP contribution < -0.4 is 15.8 Å². The molecule has 5 atom stereocenters. The van der Waals surface area contributed by atoms with E-state index in [1.807, 2.05) is 33.8 Å². The topological polar surface area (TPSA) is 153 Å². The van der Waals surface area contributed by atoms with E-state index in [0.29, 0.717) is 41.3 Å². The van der Waals surface area contributed by atoms with Gasteiger partial charge >= 0.3 is 5.97 Å². The second kappa shape index (κ2) is 9.95. The van der Waals surface area contributed by atoms with Crippen LogP contribution >= 0.6 is 0 Å². The number of rotatable bonds is 9. The van der Waals surface area contributed by atoms with Crippen LogP contribution in [0.3, 0.4) is 0 Å². The maximum Gasteiger partial charge on any atom is 0.340 e. The number of hydrogen-bond donors (Lipinski definition) is 3. The van der Waals surface area contributed by atoms with Crippen LogP contribution in [0.4, 0.5) is 11.6 Å². The molecule has 0 amide bonds. The molecule has 4 heterocycles. The Labute approximate surface area is 235 Å². The van der Waals surface area contributed by atoms with Crippen LogP contribution in [0, 0.1) is 4.78 Å². The first kappa shape index (κ1) is 28.2. The van der Waals surface area contributed by atoms with Crippen LogP contribution in [0.5, 0.6) is 5.88 Å². The van der Waals surface area contributed by atoms with Crippen LogP contribution in [0.1, 0.15) is 81.9 Å². The molecule has 11 heteroatoms. The van der Waals surface area contributed by atoms with E-state index in [9.17, 15) is 9.00 Å². The summed E-state index contributed by atoms with van der Waals surface area (Å²) in [5, 5.41) is 4.55. The van der Waals surface area contributed by atoms with Gasteiger partial charge in [-0.1, -0.05) is 6.92 Å². The van der Waals surface area contributed by atoms with Crippen molar-refractivity contribution in [2.75, 3.05) is 11.6 Å². The summed E-state index contributed by atoms with van der Waals surface area (Å²) < 4.78 is 31.8. The van der Waals surface area contributed by atoms with Crippen LogP contribution in [0.25, 0.3) is 10.8 Å². The molecule has 3 aromatic heterocycles. The Morgan fingerprint density at radius 2 is 1.98 bits per heavy atom. The van der Waals surface area contributed by atoms with Gasteiger partial charge in [-0.25, -0.2) is 24.0 Å². The van der Waals surface area contributed by atoms with E-state index in [1.54, 1.807) is 31.5 Å². The van der Waals surface area contributed by atoms with Crippen molar-refractivity contribution in [3.8, 4) is 5.88 Å². The third-order valence-electron chi connectivity index (χ3n) is 8.52. The first-order valence-corrected chi connectivity index (χ1v) is 15.7. The maximum absolute atomic E-state index is 12.5. The summed E-state index contributed by atoms with van der Waals surface area (Å²) >= 11 is 0. The van der Waals surface area contributed by atoms with Crippen LogP contribution in [0.15, 0.2) is 30.6 Å². The lowest BCUT2D eigenvalue weighted by atomic mass is 9.88. The van der Waals surface area contributed by atoms with E-state index >= 15 is 0 Å². The molecule has 2 aliphatic rings. The van der Waals surface area contributed by atoms with E-state index in [4.69, 9.17) is 25.0 Å². The molecule has 40 heavy (non-hydrogen) atoms. The molecule has 1 spiro atoms. The Balaban J connectivity index is 1.50. The third-order valence-corrected chi connectivity index (χ3v) is 10.3. The molecule has 1 saturated carbocycles. The van der Waals surface area contributed by atoms with Gasteiger partial charge in [-0.15, -0.1) is 0 Å². The number of aromatic nitrogens is 3. The Morgan fingerprint density at radius 1 is 1.25 bits per heavy atom. The minimum absolute atomic E-state index is 0.200. The average molecular weight is 567 g/mol. The van der Waals surface area contributed by atoms with Gasteiger partial charge in [0.15, 0.2) is 0 Å². The summed E-state index contributed by atoms with van der Waals surface area (Å²) in [6, 6.07) is 5.45. The first-order chi connectivity index (χ1) is 18.7. The average Bonchev–Trinajstić information content (AvgIpc) is 3.69. The number of cyclic esters (lactones) is 1. The maximum atomic E-state index is 12.5. The lowest BCUT2D eigenvalue weighted by Gasteiger charge is -2.30. The molecular formula is C29H38N6O4S. The quantitative estimate of drug-likeness (QED) is 0.298. The van der Waals surface area contributed by atoms with Crippen molar-refractivity contribution in [1.82, 2.24) is 15.0 Å². The monoisotopic (exact) mass is 566 g/mol. The summed E-state index contributed by atoms with van der Waals surface area (Å²) in [5.41, 5.74) is 8.01. The van der Waals surface area contributed by atoms with Crippen LogP contribution in [0.2, 0.25) is 0 Å². The highest BCUT2D eigenvalue weighted by Gasteiger charge is 2.56. The smallest absolute Gasteiger partial charge is 0.340 e. The number of esters is 1. The number of nitrogens with one attached hydrogen (secondary N) is 2. The number of anilines is 2. The van der Waals surface area contributed by atoms with Crippen molar-refractivity contribution >= 4 is 38.1 Å². The molecule has 0 bridgehead atoms. The molecule has 0 aromatic carbocycles. The molecule has 0 saturated heterocycles. The number of carbonyl (C=O) groups excluding carboxylic acids is 1. The van der Waals surface area contributed by atoms with Gasteiger partial charge in [0.05, 0.1) is 28.2 Å². The zero-order valence-electron chi connectivity index (χ0n) is 23.9. The predicted molar refractivity (Wildman–Crippen MR) is 156 cm³/mol. The van der Waals surface area contributed by atoms with Crippen molar-refractivity contribution < 1.29 is 18.5 Å². The van der Waals surface area contributed by atoms with E-state index < -0.39 is 15.3 Å². The number of fused-ring (bicyclic) bond motifs is 3. The van der Waals surface area contributed by atoms with Gasteiger partial charge < -0.3 is 20.5 Å². The lowest BCUT2D eigenvalue weighted by Crippen LogP contribution is -2.36. The van der Waals surface area contributed by atoms with Gasteiger partial charge in [0, 0.05) is 39.2 Å². The van der Waals surface area contributed by atoms with Gasteiger partial charge in [0.2, 0.25) is 5.88 Å². The number of carbonyl (C=O) groups is 1.